The van der Waals surface area contributed by atoms with Crippen LogP contribution in [0.15, 0.2) is 18.2 Å². The zero-order chi connectivity index (χ0) is 10.8. The van der Waals surface area contributed by atoms with Crippen LogP contribution >= 0.6 is 0 Å². The van der Waals surface area contributed by atoms with Crippen LogP contribution < -0.4 is 0 Å². The van der Waals surface area contributed by atoms with Crippen LogP contribution in [0.5, 0.6) is 0 Å². The molecule has 2 rings (SSSR count). The molecule has 0 saturated heterocycles. The summed E-state index contributed by atoms with van der Waals surface area (Å²) < 4.78 is 0. The van der Waals surface area contributed by atoms with E-state index in [9.17, 15) is 4.79 Å². The van der Waals surface area contributed by atoms with Gasteiger partial charge in [-0.15, -0.1) is 0 Å². The lowest BCUT2D eigenvalue weighted by molar-refractivity contribution is -0.120. The molecule has 0 radical (unpaired) electrons. The molecule has 0 spiro atoms. The molecule has 0 unspecified atom stereocenters. The molecule has 1 saturated carbocycles. The SMILES string of the molecule is Cc1ccc(C2CCC(=O)CC2)c(C)c1. The number of Topliss-reactive ketones (excluding diaryl/α,β-unsaturated/α-hetero) is 1. The Labute approximate surface area is 91.5 Å². The minimum atomic E-state index is 0.441. The van der Waals surface area contributed by atoms with Gasteiger partial charge >= 0.3 is 0 Å². The summed E-state index contributed by atoms with van der Waals surface area (Å²) in [5.41, 5.74) is 4.16. The zero-order valence-corrected chi connectivity index (χ0v) is 9.55. The molecule has 1 fully saturated rings. The van der Waals surface area contributed by atoms with Crippen molar-refractivity contribution in [3.63, 3.8) is 0 Å². The zero-order valence-electron chi connectivity index (χ0n) is 9.55. The van der Waals surface area contributed by atoms with Crippen molar-refractivity contribution in [1.29, 1.82) is 0 Å². The van der Waals surface area contributed by atoms with E-state index in [0.717, 1.165) is 25.7 Å². The second-order valence-electron chi connectivity index (χ2n) is 4.67. The van der Waals surface area contributed by atoms with Crippen LogP contribution in [0.25, 0.3) is 0 Å². The van der Waals surface area contributed by atoms with Crippen LogP contribution in [0.1, 0.15) is 48.3 Å². The summed E-state index contributed by atoms with van der Waals surface area (Å²) in [5.74, 6) is 1.05. The molecule has 0 amide bonds. The molecule has 0 atom stereocenters. The predicted molar refractivity (Wildman–Crippen MR) is 62.1 cm³/mol. The molecule has 0 heterocycles. The van der Waals surface area contributed by atoms with Crippen LogP contribution in [0, 0.1) is 13.8 Å². The number of carbonyl (C=O) groups excluding carboxylic acids is 1. The van der Waals surface area contributed by atoms with Gasteiger partial charge < -0.3 is 0 Å². The Bertz CT molecular complexity index is 369. The fraction of sp³-hybridized carbons (Fsp3) is 0.500. The van der Waals surface area contributed by atoms with Gasteiger partial charge in [0.25, 0.3) is 0 Å². The van der Waals surface area contributed by atoms with Crippen LogP contribution in [-0.4, -0.2) is 5.78 Å². The van der Waals surface area contributed by atoms with Crippen LogP contribution in [0.2, 0.25) is 0 Å². The highest BCUT2D eigenvalue weighted by atomic mass is 16.1. The summed E-state index contributed by atoms with van der Waals surface area (Å²) in [6.07, 6.45) is 3.64. The van der Waals surface area contributed by atoms with E-state index >= 15 is 0 Å². The first-order valence-electron chi connectivity index (χ1n) is 5.75. The van der Waals surface area contributed by atoms with Gasteiger partial charge in [-0.3, -0.25) is 4.79 Å². The Morgan fingerprint density at radius 3 is 2.40 bits per heavy atom. The highest BCUT2D eigenvalue weighted by Gasteiger charge is 2.21. The van der Waals surface area contributed by atoms with E-state index in [2.05, 4.69) is 32.0 Å². The molecule has 1 aliphatic rings. The lowest BCUT2D eigenvalue weighted by Gasteiger charge is -2.23. The van der Waals surface area contributed by atoms with Crippen molar-refractivity contribution in [2.24, 2.45) is 0 Å². The van der Waals surface area contributed by atoms with Gasteiger partial charge in [0, 0.05) is 12.8 Å². The Morgan fingerprint density at radius 1 is 1.13 bits per heavy atom. The lowest BCUT2D eigenvalue weighted by Crippen LogP contribution is -2.13. The average Bonchev–Trinajstić information content (AvgIpc) is 2.20. The highest BCUT2D eigenvalue weighted by molar-refractivity contribution is 5.79. The molecule has 0 aliphatic heterocycles. The molecular weight excluding hydrogens is 184 g/mol. The molecule has 1 aromatic carbocycles. The fourth-order valence-electron chi connectivity index (χ4n) is 2.53. The van der Waals surface area contributed by atoms with Gasteiger partial charge in [0.1, 0.15) is 5.78 Å². The second kappa shape index (κ2) is 4.18. The normalized spacial score (nSPS) is 18.1. The lowest BCUT2D eigenvalue weighted by atomic mass is 9.81. The van der Waals surface area contributed by atoms with Crippen LogP contribution in [0.3, 0.4) is 0 Å². The average molecular weight is 202 g/mol. The maximum atomic E-state index is 11.2. The van der Waals surface area contributed by atoms with Crippen molar-refractivity contribution in [2.75, 3.05) is 0 Å². The standard InChI is InChI=1S/C14H18O/c1-10-3-8-14(11(2)9-10)12-4-6-13(15)7-5-12/h3,8-9,12H,4-7H2,1-2H3. The van der Waals surface area contributed by atoms with Crippen LogP contribution in [-0.2, 0) is 4.79 Å². The molecule has 1 heteroatoms. The number of hydrogen-bond acceptors (Lipinski definition) is 1. The summed E-state index contributed by atoms with van der Waals surface area (Å²) in [6.45, 7) is 4.31. The van der Waals surface area contributed by atoms with Crippen molar-refractivity contribution < 1.29 is 4.79 Å². The topological polar surface area (TPSA) is 17.1 Å². The van der Waals surface area contributed by atoms with Gasteiger partial charge in [-0.25, -0.2) is 0 Å². The highest BCUT2D eigenvalue weighted by Crippen LogP contribution is 2.33. The van der Waals surface area contributed by atoms with E-state index in [1.54, 1.807) is 0 Å². The largest absolute Gasteiger partial charge is 0.300 e. The third-order valence-electron chi connectivity index (χ3n) is 3.41. The summed E-state index contributed by atoms with van der Waals surface area (Å²) >= 11 is 0. The number of rotatable bonds is 1. The molecule has 80 valence electrons. The Morgan fingerprint density at radius 2 is 1.80 bits per heavy atom. The van der Waals surface area contributed by atoms with Gasteiger partial charge in [0.05, 0.1) is 0 Å². The molecule has 1 aliphatic carbocycles. The third kappa shape index (κ3) is 2.28. The number of hydrogen-bond donors (Lipinski definition) is 0. The van der Waals surface area contributed by atoms with E-state index < -0.39 is 0 Å². The Kier molecular flexibility index (Phi) is 2.90. The molecule has 0 bridgehead atoms. The molecule has 1 nitrogen and oxygen atoms in total. The monoisotopic (exact) mass is 202 g/mol. The maximum absolute atomic E-state index is 11.2. The summed E-state index contributed by atoms with van der Waals surface area (Å²) in [7, 11) is 0. The van der Waals surface area contributed by atoms with Gasteiger partial charge in [-0.05, 0) is 43.7 Å². The van der Waals surface area contributed by atoms with Crippen LogP contribution in [0.4, 0.5) is 0 Å². The smallest absolute Gasteiger partial charge is 0.132 e. The van der Waals surface area contributed by atoms with E-state index in [1.807, 2.05) is 0 Å². The minimum absolute atomic E-state index is 0.441. The number of ketones is 1. The summed E-state index contributed by atoms with van der Waals surface area (Å²) in [4.78, 5) is 11.2. The number of carbonyl (C=O) groups is 1. The van der Waals surface area contributed by atoms with Crippen molar-refractivity contribution in [1.82, 2.24) is 0 Å². The predicted octanol–water partition coefficient (Wildman–Crippen LogP) is 3.53. The molecule has 1 aromatic rings. The summed E-state index contributed by atoms with van der Waals surface area (Å²) in [6, 6.07) is 6.66. The minimum Gasteiger partial charge on any atom is -0.300 e. The van der Waals surface area contributed by atoms with Crippen molar-refractivity contribution in [3.8, 4) is 0 Å². The molecule has 0 N–H and O–H groups in total. The Hall–Kier alpha value is -1.11. The van der Waals surface area contributed by atoms with Gasteiger partial charge in [-0.2, -0.15) is 0 Å². The number of aryl methyl sites for hydroxylation is 2. The van der Waals surface area contributed by atoms with Gasteiger partial charge in [0.2, 0.25) is 0 Å². The van der Waals surface area contributed by atoms with E-state index in [4.69, 9.17) is 0 Å². The van der Waals surface area contributed by atoms with Gasteiger partial charge in [-0.1, -0.05) is 23.8 Å². The van der Waals surface area contributed by atoms with E-state index in [-0.39, 0.29) is 0 Å². The third-order valence-corrected chi connectivity index (χ3v) is 3.41. The maximum Gasteiger partial charge on any atom is 0.132 e. The number of benzene rings is 1. The second-order valence-corrected chi connectivity index (χ2v) is 4.67. The van der Waals surface area contributed by atoms with E-state index in [1.165, 1.54) is 16.7 Å². The van der Waals surface area contributed by atoms with Crippen molar-refractivity contribution in [2.45, 2.75) is 45.4 Å². The molecule has 0 aromatic heterocycles. The van der Waals surface area contributed by atoms with Gasteiger partial charge in [0.15, 0.2) is 0 Å². The first-order valence-corrected chi connectivity index (χ1v) is 5.75. The van der Waals surface area contributed by atoms with Crippen molar-refractivity contribution >= 4 is 5.78 Å². The molecular formula is C14H18O. The first kappa shape index (κ1) is 10.4. The summed E-state index contributed by atoms with van der Waals surface area (Å²) in [5, 5.41) is 0. The van der Waals surface area contributed by atoms with E-state index in [0.29, 0.717) is 11.7 Å². The molecule has 15 heavy (non-hydrogen) atoms. The quantitative estimate of drug-likeness (QED) is 0.681. The fourth-order valence-corrected chi connectivity index (χ4v) is 2.53. The first-order chi connectivity index (χ1) is 7.16. The Balaban J connectivity index is 2.19. The van der Waals surface area contributed by atoms with Crippen molar-refractivity contribution in [3.05, 3.63) is 34.9 Å².